The molecule has 8 nitrogen and oxygen atoms in total. The first kappa shape index (κ1) is 18.1. The number of carbonyl (C=O) groups excluding carboxylic acids is 1. The molecule has 0 saturated carbocycles. The van der Waals surface area contributed by atoms with E-state index in [4.69, 9.17) is 9.47 Å². The Hall–Kier alpha value is -3.68. The van der Waals surface area contributed by atoms with Crippen LogP contribution in [0, 0.1) is 0 Å². The first-order valence-electron chi connectivity index (χ1n) is 8.34. The molecule has 2 N–H and O–H groups in total. The molecule has 0 atom stereocenters. The first-order valence-corrected chi connectivity index (χ1v) is 8.34. The van der Waals surface area contributed by atoms with Gasteiger partial charge in [-0.3, -0.25) is 0 Å². The van der Waals surface area contributed by atoms with Gasteiger partial charge in [0.15, 0.2) is 5.82 Å². The Morgan fingerprint density at radius 1 is 1.04 bits per heavy atom. The average molecular weight is 365 g/mol. The van der Waals surface area contributed by atoms with E-state index in [9.17, 15) is 4.79 Å². The van der Waals surface area contributed by atoms with Crippen molar-refractivity contribution in [2.75, 3.05) is 24.4 Å². The molecular formula is C19H19N5O3. The highest BCUT2D eigenvalue weighted by Crippen LogP contribution is 2.26. The van der Waals surface area contributed by atoms with Gasteiger partial charge < -0.3 is 20.1 Å². The number of nitrogens with one attached hydrogen (secondary N) is 2. The van der Waals surface area contributed by atoms with Crippen LogP contribution in [0.25, 0.3) is 0 Å². The summed E-state index contributed by atoms with van der Waals surface area (Å²) in [5.41, 5.74) is 1.68. The fourth-order valence-corrected chi connectivity index (χ4v) is 2.40. The minimum Gasteiger partial charge on any atom is -0.495 e. The second kappa shape index (κ2) is 8.61. The van der Waals surface area contributed by atoms with E-state index in [-0.39, 0.29) is 5.95 Å². The molecule has 0 spiro atoms. The van der Waals surface area contributed by atoms with Crippen LogP contribution in [0.4, 0.5) is 23.1 Å². The first-order chi connectivity index (χ1) is 13.2. The Morgan fingerprint density at radius 3 is 2.56 bits per heavy atom. The number of rotatable bonds is 7. The predicted octanol–water partition coefficient (Wildman–Crippen LogP) is 3.54. The van der Waals surface area contributed by atoms with Crippen LogP contribution in [0.5, 0.6) is 5.75 Å². The summed E-state index contributed by atoms with van der Waals surface area (Å²) in [6, 6.07) is 14.4. The minimum atomic E-state index is -0.420. The normalized spacial score (nSPS) is 10.1. The summed E-state index contributed by atoms with van der Waals surface area (Å²) in [7, 11) is 1.60. The predicted molar refractivity (Wildman–Crippen MR) is 102 cm³/mol. The zero-order chi connectivity index (χ0) is 19.1. The number of nitrogens with zero attached hydrogens (tertiary/aromatic N) is 3. The molecule has 0 saturated heterocycles. The Morgan fingerprint density at radius 2 is 1.78 bits per heavy atom. The van der Waals surface area contributed by atoms with Gasteiger partial charge in [0.1, 0.15) is 5.75 Å². The van der Waals surface area contributed by atoms with Gasteiger partial charge >= 0.3 is 5.97 Å². The molecule has 0 aliphatic heterocycles. The Labute approximate surface area is 156 Å². The topological polar surface area (TPSA) is 98.3 Å². The van der Waals surface area contributed by atoms with Crippen LogP contribution in [-0.4, -0.2) is 34.9 Å². The Balaban J connectivity index is 1.82. The highest BCUT2D eigenvalue weighted by molar-refractivity contribution is 5.96. The quantitative estimate of drug-likeness (QED) is 0.614. The van der Waals surface area contributed by atoms with Crippen molar-refractivity contribution in [2.45, 2.75) is 6.92 Å². The summed E-state index contributed by atoms with van der Waals surface area (Å²) in [6.07, 6.45) is 1.49. The molecule has 0 bridgehead atoms. The molecule has 0 aliphatic carbocycles. The van der Waals surface area contributed by atoms with Crippen LogP contribution in [0.15, 0.2) is 54.7 Å². The molecule has 3 rings (SSSR count). The molecule has 1 heterocycles. The zero-order valence-corrected chi connectivity index (χ0v) is 15.0. The summed E-state index contributed by atoms with van der Waals surface area (Å²) in [4.78, 5) is 16.5. The molecule has 2 aromatic carbocycles. The average Bonchev–Trinajstić information content (AvgIpc) is 2.69. The molecule has 0 amide bonds. The summed E-state index contributed by atoms with van der Waals surface area (Å²) >= 11 is 0. The third kappa shape index (κ3) is 4.49. The molecular weight excluding hydrogens is 346 g/mol. The van der Waals surface area contributed by atoms with Crippen molar-refractivity contribution in [3.63, 3.8) is 0 Å². The molecule has 3 aromatic rings. The third-order valence-electron chi connectivity index (χ3n) is 3.60. The van der Waals surface area contributed by atoms with Crippen LogP contribution in [0.2, 0.25) is 0 Å². The third-order valence-corrected chi connectivity index (χ3v) is 3.60. The van der Waals surface area contributed by atoms with Gasteiger partial charge in [0, 0.05) is 0 Å². The number of esters is 1. The summed E-state index contributed by atoms with van der Waals surface area (Å²) in [5.74, 6) is 0.979. The number of methoxy groups -OCH3 is 1. The lowest BCUT2D eigenvalue weighted by Gasteiger charge is -2.12. The fourth-order valence-electron chi connectivity index (χ4n) is 2.40. The number of benzene rings is 2. The van der Waals surface area contributed by atoms with Crippen molar-refractivity contribution in [3.05, 3.63) is 60.3 Å². The van der Waals surface area contributed by atoms with E-state index in [0.29, 0.717) is 29.4 Å². The van der Waals surface area contributed by atoms with E-state index in [0.717, 1.165) is 5.69 Å². The standard InChI is InChI=1S/C19H19N5O3/c1-3-27-18(25)13-8-4-5-9-14(13)22-19-23-17(12-20-24-19)21-15-10-6-7-11-16(15)26-2/h4-12H,3H2,1-2H3,(H2,21,22,23,24). The van der Waals surface area contributed by atoms with Crippen molar-refractivity contribution in [3.8, 4) is 5.75 Å². The molecule has 0 fully saturated rings. The molecule has 8 heteroatoms. The highest BCUT2D eigenvalue weighted by atomic mass is 16.5. The molecule has 1 aromatic heterocycles. The maximum atomic E-state index is 12.1. The molecule has 27 heavy (non-hydrogen) atoms. The van der Waals surface area contributed by atoms with Gasteiger partial charge in [-0.2, -0.15) is 10.1 Å². The molecule has 138 valence electrons. The number of hydrogen-bond donors (Lipinski definition) is 2. The monoisotopic (exact) mass is 365 g/mol. The van der Waals surface area contributed by atoms with Gasteiger partial charge in [-0.15, -0.1) is 5.10 Å². The van der Waals surface area contributed by atoms with Crippen LogP contribution in [0.1, 0.15) is 17.3 Å². The van der Waals surface area contributed by atoms with E-state index >= 15 is 0 Å². The zero-order valence-electron chi connectivity index (χ0n) is 15.0. The lowest BCUT2D eigenvalue weighted by atomic mass is 10.2. The van der Waals surface area contributed by atoms with E-state index in [1.54, 1.807) is 38.3 Å². The Bertz CT molecular complexity index is 932. The summed E-state index contributed by atoms with van der Waals surface area (Å²) in [5, 5.41) is 14.1. The van der Waals surface area contributed by atoms with Crippen molar-refractivity contribution in [2.24, 2.45) is 0 Å². The number of anilines is 4. The number of carbonyl (C=O) groups is 1. The number of aromatic nitrogens is 3. The van der Waals surface area contributed by atoms with E-state index in [1.807, 2.05) is 24.3 Å². The maximum absolute atomic E-state index is 12.1. The smallest absolute Gasteiger partial charge is 0.340 e. The van der Waals surface area contributed by atoms with Crippen LogP contribution in [0.3, 0.4) is 0 Å². The lowest BCUT2D eigenvalue weighted by molar-refractivity contribution is 0.0527. The van der Waals surface area contributed by atoms with E-state index in [1.165, 1.54) is 6.20 Å². The van der Waals surface area contributed by atoms with E-state index in [2.05, 4.69) is 25.8 Å². The maximum Gasteiger partial charge on any atom is 0.340 e. The van der Waals surface area contributed by atoms with Crippen molar-refractivity contribution in [1.82, 2.24) is 15.2 Å². The second-order valence-electron chi connectivity index (χ2n) is 5.38. The summed E-state index contributed by atoms with van der Waals surface area (Å²) in [6.45, 7) is 2.05. The minimum absolute atomic E-state index is 0.242. The number of hydrogen-bond acceptors (Lipinski definition) is 8. The van der Waals surface area contributed by atoms with Gasteiger partial charge in [-0.1, -0.05) is 24.3 Å². The second-order valence-corrected chi connectivity index (χ2v) is 5.38. The van der Waals surface area contributed by atoms with E-state index < -0.39 is 5.97 Å². The SMILES string of the molecule is CCOC(=O)c1ccccc1Nc1nncc(Nc2ccccc2OC)n1. The van der Waals surface area contributed by atoms with Crippen molar-refractivity contribution >= 4 is 29.1 Å². The molecule has 0 unspecified atom stereocenters. The fraction of sp³-hybridized carbons (Fsp3) is 0.158. The van der Waals surface area contributed by atoms with Crippen LogP contribution in [-0.2, 0) is 4.74 Å². The molecule has 0 aliphatic rings. The highest BCUT2D eigenvalue weighted by Gasteiger charge is 2.13. The lowest BCUT2D eigenvalue weighted by Crippen LogP contribution is -2.09. The van der Waals surface area contributed by atoms with Gasteiger partial charge in [-0.05, 0) is 31.2 Å². The van der Waals surface area contributed by atoms with Crippen molar-refractivity contribution in [1.29, 1.82) is 0 Å². The van der Waals surface area contributed by atoms with Gasteiger partial charge in [0.05, 0.1) is 36.9 Å². The summed E-state index contributed by atoms with van der Waals surface area (Å²) < 4.78 is 10.4. The van der Waals surface area contributed by atoms with Gasteiger partial charge in [0.2, 0.25) is 5.95 Å². The van der Waals surface area contributed by atoms with Crippen molar-refractivity contribution < 1.29 is 14.3 Å². The van der Waals surface area contributed by atoms with Crippen LogP contribution >= 0.6 is 0 Å². The largest absolute Gasteiger partial charge is 0.495 e. The van der Waals surface area contributed by atoms with Crippen LogP contribution < -0.4 is 15.4 Å². The Kier molecular flexibility index (Phi) is 5.78. The molecule has 0 radical (unpaired) electrons. The van der Waals surface area contributed by atoms with Gasteiger partial charge in [0.25, 0.3) is 0 Å². The van der Waals surface area contributed by atoms with Gasteiger partial charge in [-0.25, -0.2) is 4.79 Å². The number of para-hydroxylation sites is 3. The number of ether oxygens (including phenoxy) is 2.